The number of methoxy groups -OCH3 is 1. The molecule has 0 saturated heterocycles. The van der Waals surface area contributed by atoms with E-state index in [1.165, 1.54) is 7.11 Å². The number of benzene rings is 1. The van der Waals surface area contributed by atoms with Crippen LogP contribution in [-0.4, -0.2) is 24.5 Å². The molecular formula is C10H9F3O4. The first-order valence-corrected chi connectivity index (χ1v) is 4.46. The van der Waals surface area contributed by atoms with E-state index in [-0.39, 0.29) is 12.0 Å². The Bertz CT molecular complexity index is 415. The number of alkyl halides is 3. The van der Waals surface area contributed by atoms with Gasteiger partial charge in [-0.05, 0) is 6.07 Å². The molecule has 1 aromatic rings. The highest BCUT2D eigenvalue weighted by molar-refractivity contribution is 5.73. The van der Waals surface area contributed by atoms with Crippen LogP contribution in [0.4, 0.5) is 13.2 Å². The summed E-state index contributed by atoms with van der Waals surface area (Å²) < 4.78 is 43.5. The van der Waals surface area contributed by atoms with E-state index in [1.807, 2.05) is 0 Å². The van der Waals surface area contributed by atoms with Gasteiger partial charge < -0.3 is 14.6 Å². The van der Waals surface area contributed by atoms with Crippen molar-refractivity contribution in [3.05, 3.63) is 23.8 Å². The highest BCUT2D eigenvalue weighted by Crippen LogP contribution is 2.28. The molecule has 1 N–H and O–H groups in total. The standard InChI is InChI=1S/C10H9F3O4/c1-16-9(15)4-6-2-3-7(5-8(6)14)17-10(11,12)13/h2-3,5,14H,4H2,1H3. The lowest BCUT2D eigenvalue weighted by atomic mass is 10.1. The summed E-state index contributed by atoms with van der Waals surface area (Å²) in [6.45, 7) is 0. The number of esters is 1. The normalized spacial score (nSPS) is 11.1. The summed E-state index contributed by atoms with van der Waals surface area (Å²) in [5.41, 5.74) is 0.159. The zero-order valence-corrected chi connectivity index (χ0v) is 8.75. The van der Waals surface area contributed by atoms with Gasteiger partial charge in [-0.25, -0.2) is 0 Å². The van der Waals surface area contributed by atoms with Crippen LogP contribution in [0.1, 0.15) is 5.56 Å². The predicted octanol–water partition coefficient (Wildman–Crippen LogP) is 2.01. The summed E-state index contributed by atoms with van der Waals surface area (Å²) >= 11 is 0. The van der Waals surface area contributed by atoms with Crippen LogP contribution in [0.5, 0.6) is 11.5 Å². The second-order valence-electron chi connectivity index (χ2n) is 3.09. The Kier molecular flexibility index (Phi) is 3.82. The van der Waals surface area contributed by atoms with Gasteiger partial charge in [-0.3, -0.25) is 4.79 Å². The minimum atomic E-state index is -4.82. The van der Waals surface area contributed by atoms with E-state index in [0.29, 0.717) is 0 Å². The van der Waals surface area contributed by atoms with Crippen molar-refractivity contribution >= 4 is 5.97 Å². The molecule has 0 bridgehead atoms. The SMILES string of the molecule is COC(=O)Cc1ccc(OC(F)(F)F)cc1O. The van der Waals surface area contributed by atoms with Crippen LogP contribution in [0, 0.1) is 0 Å². The molecule has 94 valence electrons. The Morgan fingerprint density at radius 1 is 1.41 bits per heavy atom. The maximum Gasteiger partial charge on any atom is 0.573 e. The topological polar surface area (TPSA) is 55.8 Å². The van der Waals surface area contributed by atoms with Crippen molar-refractivity contribution in [1.82, 2.24) is 0 Å². The van der Waals surface area contributed by atoms with E-state index in [1.54, 1.807) is 0 Å². The molecule has 0 spiro atoms. The van der Waals surface area contributed by atoms with Crippen LogP contribution in [-0.2, 0) is 16.0 Å². The molecule has 0 unspecified atom stereocenters. The number of carbonyl (C=O) groups excluding carboxylic acids is 1. The molecule has 0 aliphatic rings. The molecule has 4 nitrogen and oxygen atoms in total. The maximum absolute atomic E-state index is 11.9. The molecule has 0 amide bonds. The van der Waals surface area contributed by atoms with Crippen LogP contribution in [0.25, 0.3) is 0 Å². The summed E-state index contributed by atoms with van der Waals surface area (Å²) in [5.74, 6) is -1.62. The number of carbonyl (C=O) groups is 1. The van der Waals surface area contributed by atoms with Gasteiger partial charge in [-0.2, -0.15) is 0 Å². The molecule has 17 heavy (non-hydrogen) atoms. The summed E-state index contributed by atoms with van der Waals surface area (Å²) in [7, 11) is 1.17. The van der Waals surface area contributed by atoms with Crippen LogP contribution in [0.15, 0.2) is 18.2 Å². The molecule has 0 aliphatic carbocycles. The fourth-order valence-corrected chi connectivity index (χ4v) is 1.12. The number of halogens is 3. The monoisotopic (exact) mass is 250 g/mol. The summed E-state index contributed by atoms with van der Waals surface area (Å²) in [4.78, 5) is 10.9. The number of ether oxygens (including phenoxy) is 2. The third-order valence-electron chi connectivity index (χ3n) is 1.85. The molecule has 0 aromatic heterocycles. The number of phenolic OH excluding ortho intramolecular Hbond substituents is 1. The van der Waals surface area contributed by atoms with Crippen LogP contribution >= 0.6 is 0 Å². The second kappa shape index (κ2) is 4.94. The lowest BCUT2D eigenvalue weighted by molar-refractivity contribution is -0.274. The van der Waals surface area contributed by atoms with Crippen molar-refractivity contribution in [2.45, 2.75) is 12.8 Å². The van der Waals surface area contributed by atoms with Gasteiger partial charge in [0.05, 0.1) is 13.5 Å². The van der Waals surface area contributed by atoms with E-state index < -0.39 is 23.8 Å². The molecule has 1 rings (SSSR count). The van der Waals surface area contributed by atoms with Crippen molar-refractivity contribution in [1.29, 1.82) is 0 Å². The quantitative estimate of drug-likeness (QED) is 0.833. The Morgan fingerprint density at radius 2 is 2.06 bits per heavy atom. The second-order valence-corrected chi connectivity index (χ2v) is 3.09. The number of rotatable bonds is 3. The average molecular weight is 250 g/mol. The first-order chi connectivity index (χ1) is 7.81. The third-order valence-corrected chi connectivity index (χ3v) is 1.85. The Hall–Kier alpha value is -1.92. The van der Waals surface area contributed by atoms with E-state index in [2.05, 4.69) is 9.47 Å². The molecule has 0 atom stereocenters. The molecule has 0 saturated carbocycles. The van der Waals surface area contributed by atoms with Gasteiger partial charge in [0.15, 0.2) is 0 Å². The van der Waals surface area contributed by atoms with E-state index in [4.69, 9.17) is 0 Å². The van der Waals surface area contributed by atoms with Gasteiger partial charge >= 0.3 is 12.3 Å². The molecule has 0 radical (unpaired) electrons. The van der Waals surface area contributed by atoms with Gasteiger partial charge in [0.25, 0.3) is 0 Å². The number of phenols is 1. The van der Waals surface area contributed by atoms with Gasteiger partial charge in [0, 0.05) is 11.6 Å². The highest BCUT2D eigenvalue weighted by atomic mass is 19.4. The molecule has 0 aliphatic heterocycles. The van der Waals surface area contributed by atoms with Crippen molar-refractivity contribution in [2.24, 2.45) is 0 Å². The van der Waals surface area contributed by atoms with E-state index >= 15 is 0 Å². The van der Waals surface area contributed by atoms with E-state index in [0.717, 1.165) is 18.2 Å². The average Bonchev–Trinajstić information content (AvgIpc) is 2.19. The number of hydrogen-bond donors (Lipinski definition) is 1. The Labute approximate surface area is 94.6 Å². The van der Waals surface area contributed by atoms with Crippen LogP contribution in [0.3, 0.4) is 0 Å². The maximum atomic E-state index is 11.9. The first-order valence-electron chi connectivity index (χ1n) is 4.46. The molecule has 0 heterocycles. The van der Waals surface area contributed by atoms with Crippen molar-refractivity contribution in [2.75, 3.05) is 7.11 Å². The summed E-state index contributed by atoms with van der Waals surface area (Å²) in [5, 5.41) is 9.38. The molecule has 0 fully saturated rings. The van der Waals surface area contributed by atoms with Gasteiger partial charge in [-0.15, -0.1) is 13.2 Å². The third kappa shape index (κ3) is 4.21. The first kappa shape index (κ1) is 13.1. The van der Waals surface area contributed by atoms with Gasteiger partial charge in [-0.1, -0.05) is 6.07 Å². The van der Waals surface area contributed by atoms with Crippen molar-refractivity contribution < 1.29 is 32.5 Å². The largest absolute Gasteiger partial charge is 0.573 e. The highest BCUT2D eigenvalue weighted by Gasteiger charge is 2.31. The van der Waals surface area contributed by atoms with Gasteiger partial charge in [0.1, 0.15) is 11.5 Å². The lowest BCUT2D eigenvalue weighted by Gasteiger charge is -2.10. The lowest BCUT2D eigenvalue weighted by Crippen LogP contribution is -2.17. The molecule has 1 aromatic carbocycles. The van der Waals surface area contributed by atoms with Crippen LogP contribution in [0.2, 0.25) is 0 Å². The number of aromatic hydroxyl groups is 1. The fourth-order valence-electron chi connectivity index (χ4n) is 1.12. The summed E-state index contributed by atoms with van der Waals surface area (Å²) in [6.07, 6.45) is -5.05. The van der Waals surface area contributed by atoms with Gasteiger partial charge in [0.2, 0.25) is 0 Å². The minimum absolute atomic E-state index is 0.159. The zero-order chi connectivity index (χ0) is 13.1. The minimum Gasteiger partial charge on any atom is -0.508 e. The van der Waals surface area contributed by atoms with E-state index in [9.17, 15) is 23.1 Å². The Balaban J connectivity index is 2.83. The Morgan fingerprint density at radius 3 is 2.53 bits per heavy atom. The zero-order valence-electron chi connectivity index (χ0n) is 8.75. The van der Waals surface area contributed by atoms with Crippen LogP contribution < -0.4 is 4.74 Å². The molecular weight excluding hydrogens is 241 g/mol. The number of hydrogen-bond acceptors (Lipinski definition) is 4. The predicted molar refractivity (Wildman–Crippen MR) is 50.5 cm³/mol. The molecule has 7 heteroatoms. The smallest absolute Gasteiger partial charge is 0.508 e. The van der Waals surface area contributed by atoms with Crippen molar-refractivity contribution in [3.8, 4) is 11.5 Å². The van der Waals surface area contributed by atoms with Crippen molar-refractivity contribution in [3.63, 3.8) is 0 Å². The summed E-state index contributed by atoms with van der Waals surface area (Å²) in [6, 6.07) is 2.95. The fraction of sp³-hybridized carbons (Fsp3) is 0.300.